The minimum atomic E-state index is -1.24. The Labute approximate surface area is 114 Å². The van der Waals surface area contributed by atoms with Crippen LogP contribution in [0.1, 0.15) is 16.7 Å². The summed E-state index contributed by atoms with van der Waals surface area (Å²) in [6, 6.07) is 12.3. The molecule has 2 aromatic carbocycles. The monoisotopic (exact) mass is 277 g/mol. The molecule has 0 bridgehead atoms. The SMILES string of the molecule is Cc1ccccc1S(=O)Cc1ccc(CN)cc1F. The maximum absolute atomic E-state index is 13.8. The van der Waals surface area contributed by atoms with Gasteiger partial charge in [-0.25, -0.2) is 4.39 Å². The molecule has 0 fully saturated rings. The van der Waals surface area contributed by atoms with E-state index in [1.54, 1.807) is 12.1 Å². The van der Waals surface area contributed by atoms with Gasteiger partial charge in [0.2, 0.25) is 0 Å². The van der Waals surface area contributed by atoms with Crippen LogP contribution in [0.5, 0.6) is 0 Å². The quantitative estimate of drug-likeness (QED) is 0.933. The van der Waals surface area contributed by atoms with E-state index >= 15 is 0 Å². The lowest BCUT2D eigenvalue weighted by Crippen LogP contribution is -2.03. The van der Waals surface area contributed by atoms with Crippen molar-refractivity contribution in [2.75, 3.05) is 0 Å². The molecule has 0 aliphatic rings. The topological polar surface area (TPSA) is 43.1 Å². The molecule has 0 aliphatic carbocycles. The Morgan fingerprint density at radius 3 is 2.58 bits per heavy atom. The highest BCUT2D eigenvalue weighted by molar-refractivity contribution is 7.84. The van der Waals surface area contributed by atoms with E-state index in [-0.39, 0.29) is 11.6 Å². The van der Waals surface area contributed by atoms with Crippen LogP contribution < -0.4 is 5.73 Å². The molecule has 19 heavy (non-hydrogen) atoms. The Hall–Kier alpha value is -1.52. The molecule has 2 nitrogen and oxygen atoms in total. The first-order chi connectivity index (χ1) is 9.11. The summed E-state index contributed by atoms with van der Waals surface area (Å²) in [4.78, 5) is 0.754. The van der Waals surface area contributed by atoms with Gasteiger partial charge >= 0.3 is 0 Å². The number of aryl methyl sites for hydroxylation is 1. The van der Waals surface area contributed by atoms with Crippen molar-refractivity contribution < 1.29 is 8.60 Å². The van der Waals surface area contributed by atoms with Crippen LogP contribution in [0, 0.1) is 12.7 Å². The second kappa shape index (κ2) is 6.08. The predicted octanol–water partition coefficient (Wildman–Crippen LogP) is 2.90. The Kier molecular flexibility index (Phi) is 4.45. The molecule has 100 valence electrons. The fourth-order valence-corrected chi connectivity index (χ4v) is 3.20. The largest absolute Gasteiger partial charge is 0.326 e. The first-order valence-corrected chi connectivity index (χ1v) is 7.35. The number of benzene rings is 2. The molecule has 0 radical (unpaired) electrons. The van der Waals surface area contributed by atoms with Gasteiger partial charge in [-0.2, -0.15) is 0 Å². The Morgan fingerprint density at radius 1 is 1.21 bits per heavy atom. The van der Waals surface area contributed by atoms with Crippen LogP contribution in [0.25, 0.3) is 0 Å². The van der Waals surface area contributed by atoms with E-state index in [1.165, 1.54) is 6.07 Å². The molecule has 0 aliphatic heterocycles. The Balaban J connectivity index is 2.22. The van der Waals surface area contributed by atoms with Gasteiger partial charge in [0, 0.05) is 17.0 Å². The van der Waals surface area contributed by atoms with Crippen LogP contribution in [0.15, 0.2) is 47.4 Å². The van der Waals surface area contributed by atoms with E-state index in [0.717, 1.165) is 16.0 Å². The molecular weight excluding hydrogens is 261 g/mol. The third kappa shape index (κ3) is 3.28. The molecule has 0 saturated heterocycles. The van der Waals surface area contributed by atoms with E-state index in [9.17, 15) is 8.60 Å². The van der Waals surface area contributed by atoms with Crippen molar-refractivity contribution in [2.45, 2.75) is 24.1 Å². The Morgan fingerprint density at radius 2 is 1.95 bits per heavy atom. The molecule has 2 aromatic rings. The minimum absolute atomic E-state index is 0.182. The van der Waals surface area contributed by atoms with E-state index in [0.29, 0.717) is 12.1 Å². The maximum atomic E-state index is 13.8. The molecule has 0 amide bonds. The van der Waals surface area contributed by atoms with E-state index in [2.05, 4.69) is 0 Å². The summed E-state index contributed by atoms with van der Waals surface area (Å²) < 4.78 is 26.1. The minimum Gasteiger partial charge on any atom is -0.326 e. The van der Waals surface area contributed by atoms with Gasteiger partial charge in [-0.3, -0.25) is 4.21 Å². The first-order valence-electron chi connectivity index (χ1n) is 6.03. The summed E-state index contributed by atoms with van der Waals surface area (Å²) in [6.45, 7) is 2.21. The third-order valence-electron chi connectivity index (χ3n) is 2.98. The number of halogens is 1. The van der Waals surface area contributed by atoms with Crippen molar-refractivity contribution in [3.8, 4) is 0 Å². The lowest BCUT2D eigenvalue weighted by Gasteiger charge is -2.07. The summed E-state index contributed by atoms with van der Waals surface area (Å²) in [5, 5.41) is 0. The highest BCUT2D eigenvalue weighted by Crippen LogP contribution is 2.18. The molecule has 0 saturated carbocycles. The van der Waals surface area contributed by atoms with Crippen molar-refractivity contribution >= 4 is 10.8 Å². The van der Waals surface area contributed by atoms with Crippen molar-refractivity contribution in [1.82, 2.24) is 0 Å². The van der Waals surface area contributed by atoms with Crippen LogP contribution >= 0.6 is 0 Å². The zero-order valence-corrected chi connectivity index (χ0v) is 11.5. The summed E-state index contributed by atoms with van der Waals surface area (Å²) in [5.74, 6) is -0.161. The molecule has 4 heteroatoms. The van der Waals surface area contributed by atoms with Gasteiger partial charge in [-0.1, -0.05) is 30.3 Å². The van der Waals surface area contributed by atoms with Gasteiger partial charge in [0.1, 0.15) is 5.82 Å². The summed E-state index contributed by atoms with van der Waals surface area (Å²) in [7, 11) is -1.24. The van der Waals surface area contributed by atoms with Crippen LogP contribution in [0.4, 0.5) is 4.39 Å². The smallest absolute Gasteiger partial charge is 0.127 e. The fourth-order valence-electron chi connectivity index (χ4n) is 1.87. The fraction of sp³-hybridized carbons (Fsp3) is 0.200. The standard InChI is InChI=1S/C15H16FNOS/c1-11-4-2-3-5-15(11)19(18)10-13-7-6-12(9-17)8-14(13)16/h2-8H,9-10,17H2,1H3. The molecule has 2 N–H and O–H groups in total. The highest BCUT2D eigenvalue weighted by atomic mass is 32.2. The van der Waals surface area contributed by atoms with Crippen molar-refractivity contribution in [3.05, 3.63) is 65.0 Å². The molecular formula is C15H16FNOS. The van der Waals surface area contributed by atoms with Gasteiger partial charge in [0.25, 0.3) is 0 Å². The van der Waals surface area contributed by atoms with Crippen LogP contribution in [-0.4, -0.2) is 4.21 Å². The van der Waals surface area contributed by atoms with Crippen molar-refractivity contribution in [2.24, 2.45) is 5.73 Å². The number of hydrogen-bond acceptors (Lipinski definition) is 2. The van der Waals surface area contributed by atoms with Gasteiger partial charge in [0.05, 0.1) is 16.6 Å². The van der Waals surface area contributed by atoms with Gasteiger partial charge in [-0.15, -0.1) is 0 Å². The zero-order chi connectivity index (χ0) is 13.8. The lowest BCUT2D eigenvalue weighted by atomic mass is 10.1. The third-order valence-corrected chi connectivity index (χ3v) is 4.50. The summed E-state index contributed by atoms with van der Waals surface area (Å²) in [5.41, 5.74) is 7.61. The second-order valence-corrected chi connectivity index (χ2v) is 5.80. The van der Waals surface area contributed by atoms with E-state index < -0.39 is 10.8 Å². The Bertz CT molecular complexity index is 613. The number of hydrogen-bond donors (Lipinski definition) is 1. The van der Waals surface area contributed by atoms with Crippen LogP contribution in [0.2, 0.25) is 0 Å². The highest BCUT2D eigenvalue weighted by Gasteiger charge is 2.11. The molecule has 2 rings (SSSR count). The first kappa shape index (κ1) is 13.9. The summed E-state index contributed by atoms with van der Waals surface area (Å²) in [6.07, 6.45) is 0. The average molecular weight is 277 g/mol. The molecule has 0 spiro atoms. The molecule has 1 atom stereocenters. The normalized spacial score (nSPS) is 12.4. The molecule has 1 unspecified atom stereocenters. The number of rotatable bonds is 4. The van der Waals surface area contributed by atoms with Gasteiger partial charge < -0.3 is 5.73 Å². The van der Waals surface area contributed by atoms with Crippen molar-refractivity contribution in [3.63, 3.8) is 0 Å². The second-order valence-electron chi connectivity index (χ2n) is 4.39. The van der Waals surface area contributed by atoms with Crippen molar-refractivity contribution in [1.29, 1.82) is 0 Å². The molecule has 0 heterocycles. The predicted molar refractivity (Wildman–Crippen MR) is 75.6 cm³/mol. The van der Waals surface area contributed by atoms with Crippen LogP contribution in [0.3, 0.4) is 0 Å². The summed E-state index contributed by atoms with van der Waals surface area (Å²) >= 11 is 0. The number of nitrogens with two attached hydrogens (primary N) is 1. The zero-order valence-electron chi connectivity index (χ0n) is 10.7. The lowest BCUT2D eigenvalue weighted by molar-refractivity contribution is 0.613. The van der Waals surface area contributed by atoms with Crippen LogP contribution in [-0.2, 0) is 23.1 Å². The van der Waals surface area contributed by atoms with E-state index in [1.807, 2.05) is 31.2 Å². The van der Waals surface area contributed by atoms with Gasteiger partial charge in [0.15, 0.2) is 0 Å². The van der Waals surface area contributed by atoms with Gasteiger partial charge in [-0.05, 0) is 30.2 Å². The molecule has 0 aromatic heterocycles. The maximum Gasteiger partial charge on any atom is 0.127 e. The average Bonchev–Trinajstić information content (AvgIpc) is 2.41. The van der Waals surface area contributed by atoms with E-state index in [4.69, 9.17) is 5.73 Å².